The highest BCUT2D eigenvalue weighted by Gasteiger charge is 2.22. The number of piperidine rings is 1. The fraction of sp³-hybridized carbons (Fsp3) is 0.417. The zero-order chi connectivity index (χ0) is 11.5. The molecule has 1 N–H and O–H groups in total. The van der Waals surface area contributed by atoms with Crippen molar-refractivity contribution in [2.24, 2.45) is 0 Å². The Labute approximate surface area is 102 Å². The maximum Gasteiger partial charge on any atom is 0.179 e. The van der Waals surface area contributed by atoms with Gasteiger partial charge in [0, 0.05) is 5.56 Å². The van der Waals surface area contributed by atoms with Crippen LogP contribution in [0, 0.1) is 5.82 Å². The first kappa shape index (κ1) is 11.7. The van der Waals surface area contributed by atoms with E-state index in [9.17, 15) is 9.18 Å². The highest BCUT2D eigenvalue weighted by atomic mass is 79.9. The zero-order valence-electron chi connectivity index (χ0n) is 8.80. The number of halogens is 2. The summed E-state index contributed by atoms with van der Waals surface area (Å²) in [5.74, 6) is -0.284. The normalized spacial score (nSPS) is 20.8. The van der Waals surface area contributed by atoms with Gasteiger partial charge < -0.3 is 5.32 Å². The molecule has 1 aromatic carbocycles. The minimum atomic E-state index is -0.340. The lowest BCUT2D eigenvalue weighted by Gasteiger charge is -2.22. The van der Waals surface area contributed by atoms with Crippen molar-refractivity contribution in [3.63, 3.8) is 0 Å². The summed E-state index contributed by atoms with van der Waals surface area (Å²) in [4.78, 5) is 12.1. The third-order valence-corrected chi connectivity index (χ3v) is 3.44. The first-order valence-corrected chi connectivity index (χ1v) is 6.20. The topological polar surface area (TPSA) is 29.1 Å². The fourth-order valence-corrected chi connectivity index (χ4v) is 2.30. The molecule has 16 heavy (non-hydrogen) atoms. The second-order valence-corrected chi connectivity index (χ2v) is 4.85. The third-order valence-electron chi connectivity index (χ3n) is 2.83. The Morgan fingerprint density at radius 3 is 2.88 bits per heavy atom. The number of ketones is 1. The van der Waals surface area contributed by atoms with Crippen molar-refractivity contribution in [3.8, 4) is 0 Å². The number of carbonyl (C=O) groups is 1. The summed E-state index contributed by atoms with van der Waals surface area (Å²) in [6.07, 6.45) is 3.07. The van der Waals surface area contributed by atoms with Crippen molar-refractivity contribution in [2.75, 3.05) is 6.54 Å². The Kier molecular flexibility index (Phi) is 3.71. The van der Waals surface area contributed by atoms with Crippen molar-refractivity contribution >= 4 is 21.7 Å². The van der Waals surface area contributed by atoms with E-state index < -0.39 is 0 Å². The summed E-state index contributed by atoms with van der Waals surface area (Å²) in [7, 11) is 0. The monoisotopic (exact) mass is 285 g/mol. The molecule has 86 valence electrons. The van der Waals surface area contributed by atoms with E-state index in [1.165, 1.54) is 6.07 Å². The number of hydrogen-bond donors (Lipinski definition) is 1. The van der Waals surface area contributed by atoms with Crippen LogP contribution in [-0.4, -0.2) is 18.4 Å². The molecule has 1 fully saturated rings. The molecule has 1 aliphatic rings. The SMILES string of the molecule is O=C(c1ccc(F)c(Br)c1)C1CCCCN1. The molecule has 0 bridgehead atoms. The standard InChI is InChI=1S/C12H13BrFNO/c13-9-7-8(4-5-10(9)14)12(16)11-3-1-2-6-15-11/h4-5,7,11,15H,1-3,6H2. The lowest BCUT2D eigenvalue weighted by molar-refractivity contribution is 0.0927. The van der Waals surface area contributed by atoms with Gasteiger partial charge in [0.1, 0.15) is 5.82 Å². The molecule has 0 saturated carbocycles. The maximum atomic E-state index is 13.0. The first-order valence-electron chi connectivity index (χ1n) is 5.41. The fourth-order valence-electron chi connectivity index (χ4n) is 1.93. The van der Waals surface area contributed by atoms with E-state index in [4.69, 9.17) is 0 Å². The predicted molar refractivity (Wildman–Crippen MR) is 64.1 cm³/mol. The van der Waals surface area contributed by atoms with Crippen LogP contribution in [-0.2, 0) is 0 Å². The molecule has 1 aromatic rings. The molecule has 0 aliphatic carbocycles. The molecule has 4 heteroatoms. The van der Waals surface area contributed by atoms with E-state index in [0.717, 1.165) is 25.8 Å². The molecule has 1 heterocycles. The van der Waals surface area contributed by atoms with Crippen molar-refractivity contribution in [3.05, 3.63) is 34.1 Å². The molecule has 1 unspecified atom stereocenters. The quantitative estimate of drug-likeness (QED) is 0.847. The Morgan fingerprint density at radius 1 is 1.44 bits per heavy atom. The Hall–Kier alpha value is -0.740. The number of nitrogens with one attached hydrogen (secondary N) is 1. The molecule has 0 aromatic heterocycles. The Morgan fingerprint density at radius 2 is 2.25 bits per heavy atom. The van der Waals surface area contributed by atoms with E-state index in [2.05, 4.69) is 21.2 Å². The van der Waals surface area contributed by atoms with Gasteiger partial charge in [-0.05, 0) is 53.5 Å². The number of rotatable bonds is 2. The summed E-state index contributed by atoms with van der Waals surface area (Å²) in [5.41, 5.74) is 0.563. The van der Waals surface area contributed by atoms with Crippen molar-refractivity contribution < 1.29 is 9.18 Å². The van der Waals surface area contributed by atoms with Crippen molar-refractivity contribution in [2.45, 2.75) is 25.3 Å². The van der Waals surface area contributed by atoms with Gasteiger partial charge in [0.25, 0.3) is 0 Å². The number of carbonyl (C=O) groups excluding carboxylic acids is 1. The molecule has 0 spiro atoms. The summed E-state index contributed by atoms with van der Waals surface area (Å²) < 4.78 is 13.4. The molecule has 1 saturated heterocycles. The molecule has 0 radical (unpaired) electrons. The van der Waals surface area contributed by atoms with E-state index in [0.29, 0.717) is 10.0 Å². The van der Waals surface area contributed by atoms with E-state index >= 15 is 0 Å². The van der Waals surface area contributed by atoms with Crippen LogP contribution in [0.25, 0.3) is 0 Å². The third kappa shape index (κ3) is 2.50. The Balaban J connectivity index is 2.16. The van der Waals surface area contributed by atoms with Crippen molar-refractivity contribution in [1.29, 1.82) is 0 Å². The second kappa shape index (κ2) is 5.06. The lowest BCUT2D eigenvalue weighted by Crippen LogP contribution is -2.40. The van der Waals surface area contributed by atoms with Crippen LogP contribution < -0.4 is 5.32 Å². The maximum absolute atomic E-state index is 13.0. The van der Waals surface area contributed by atoms with E-state index in [-0.39, 0.29) is 17.6 Å². The summed E-state index contributed by atoms with van der Waals surface area (Å²) >= 11 is 3.09. The molecular formula is C12H13BrFNO. The molecule has 1 atom stereocenters. The zero-order valence-corrected chi connectivity index (χ0v) is 10.4. The van der Waals surface area contributed by atoms with Gasteiger partial charge in [-0.1, -0.05) is 6.42 Å². The number of Topliss-reactive ketones (excluding diaryl/α,β-unsaturated/α-hetero) is 1. The average molecular weight is 286 g/mol. The summed E-state index contributed by atoms with van der Waals surface area (Å²) in [6, 6.07) is 4.30. The summed E-state index contributed by atoms with van der Waals surface area (Å²) in [6.45, 7) is 0.888. The largest absolute Gasteiger partial charge is 0.307 e. The van der Waals surface area contributed by atoms with Crippen LogP contribution in [0.2, 0.25) is 0 Å². The van der Waals surface area contributed by atoms with Crippen molar-refractivity contribution in [1.82, 2.24) is 5.32 Å². The molecule has 2 rings (SSSR count). The molecule has 1 aliphatic heterocycles. The highest BCUT2D eigenvalue weighted by Crippen LogP contribution is 2.19. The predicted octanol–water partition coefficient (Wildman–Crippen LogP) is 2.91. The molecule has 0 amide bonds. The van der Waals surface area contributed by atoms with Gasteiger partial charge in [-0.2, -0.15) is 0 Å². The smallest absolute Gasteiger partial charge is 0.179 e. The average Bonchev–Trinajstić information content (AvgIpc) is 2.33. The van der Waals surface area contributed by atoms with Gasteiger partial charge in [-0.3, -0.25) is 4.79 Å². The van der Waals surface area contributed by atoms with Gasteiger partial charge in [0.15, 0.2) is 5.78 Å². The van der Waals surface area contributed by atoms with Gasteiger partial charge in [-0.15, -0.1) is 0 Å². The minimum Gasteiger partial charge on any atom is -0.307 e. The van der Waals surface area contributed by atoms with Crippen LogP contribution in [0.5, 0.6) is 0 Å². The van der Waals surface area contributed by atoms with Crippen LogP contribution in [0.3, 0.4) is 0 Å². The van der Waals surface area contributed by atoms with Gasteiger partial charge >= 0.3 is 0 Å². The van der Waals surface area contributed by atoms with Crippen LogP contribution >= 0.6 is 15.9 Å². The molecule has 2 nitrogen and oxygen atoms in total. The van der Waals surface area contributed by atoms with Gasteiger partial charge in [0.05, 0.1) is 10.5 Å². The number of benzene rings is 1. The summed E-state index contributed by atoms with van der Waals surface area (Å²) in [5, 5.41) is 3.19. The lowest BCUT2D eigenvalue weighted by atomic mass is 9.96. The minimum absolute atomic E-state index is 0.0559. The van der Waals surface area contributed by atoms with E-state index in [1.54, 1.807) is 12.1 Å². The first-order chi connectivity index (χ1) is 7.68. The second-order valence-electron chi connectivity index (χ2n) is 4.00. The number of hydrogen-bond acceptors (Lipinski definition) is 2. The van der Waals surface area contributed by atoms with Crippen LogP contribution in [0.4, 0.5) is 4.39 Å². The Bertz CT molecular complexity index is 402. The van der Waals surface area contributed by atoms with Gasteiger partial charge in [0.2, 0.25) is 0 Å². The van der Waals surface area contributed by atoms with E-state index in [1.807, 2.05) is 0 Å². The van der Waals surface area contributed by atoms with Gasteiger partial charge in [-0.25, -0.2) is 4.39 Å². The molecular weight excluding hydrogens is 273 g/mol. The van der Waals surface area contributed by atoms with Crippen LogP contribution in [0.15, 0.2) is 22.7 Å². The highest BCUT2D eigenvalue weighted by molar-refractivity contribution is 9.10. The van der Waals surface area contributed by atoms with Crippen LogP contribution in [0.1, 0.15) is 29.6 Å².